The van der Waals surface area contributed by atoms with Gasteiger partial charge in [0.15, 0.2) is 0 Å². The number of rotatable bonds is 10. The number of nitrogens with one attached hydrogen (secondary N) is 1. The number of nitrogens with two attached hydrogens (primary N) is 1. The number of carbonyl (C=O) groups excluding carboxylic acids is 2. The molecule has 0 fully saturated rings. The molecule has 1 aromatic heterocycles. The third-order valence-electron chi connectivity index (χ3n) is 4.02. The molecule has 0 spiro atoms. The van der Waals surface area contributed by atoms with E-state index < -0.39 is 5.91 Å². The Hall–Kier alpha value is -2.05. The number of nitrogens with zero attached hydrogens (tertiary/aromatic N) is 2. The Morgan fingerprint density at radius 2 is 2.04 bits per heavy atom. The highest BCUT2D eigenvalue weighted by atomic mass is 35.5. The van der Waals surface area contributed by atoms with Crippen LogP contribution in [0.3, 0.4) is 0 Å². The molecule has 1 amide bonds. The van der Waals surface area contributed by atoms with Gasteiger partial charge in [-0.05, 0) is 24.5 Å². The Labute approximate surface area is 169 Å². The third kappa shape index (κ3) is 5.97. The number of imidazole rings is 1. The summed E-state index contributed by atoms with van der Waals surface area (Å²) in [4.78, 5) is 31.9. The first-order valence-corrected chi connectivity index (χ1v) is 9.58. The molecule has 0 aliphatic carbocycles. The molecule has 1 heterocycles. The molecule has 0 aliphatic rings. The van der Waals surface area contributed by atoms with E-state index in [2.05, 4.69) is 18.8 Å². The van der Waals surface area contributed by atoms with Crippen molar-refractivity contribution in [3.05, 3.63) is 33.9 Å². The van der Waals surface area contributed by atoms with E-state index in [0.29, 0.717) is 41.4 Å². The molecule has 1 aromatic carbocycles. The summed E-state index contributed by atoms with van der Waals surface area (Å²) in [6.07, 6.45) is 2.15. The van der Waals surface area contributed by atoms with Gasteiger partial charge < -0.3 is 20.4 Å². The minimum atomic E-state index is -0.398. The number of H-pyrrole nitrogens is 1. The van der Waals surface area contributed by atoms with Gasteiger partial charge in [-0.25, -0.2) is 4.98 Å². The van der Waals surface area contributed by atoms with Crippen LogP contribution in [-0.4, -0.2) is 35.3 Å². The monoisotopic (exact) mass is 410 g/mol. The molecular formula is C19H24Cl2N4O2. The minimum absolute atomic E-state index is 0.182. The summed E-state index contributed by atoms with van der Waals surface area (Å²) >= 11 is 12.2. The van der Waals surface area contributed by atoms with E-state index >= 15 is 0 Å². The van der Waals surface area contributed by atoms with Crippen LogP contribution in [0, 0.1) is 5.92 Å². The van der Waals surface area contributed by atoms with E-state index in [9.17, 15) is 9.59 Å². The predicted molar refractivity (Wildman–Crippen MR) is 109 cm³/mol. The number of anilines is 1. The maximum Gasteiger partial charge on any atom is 0.219 e. The Kier molecular flexibility index (Phi) is 7.68. The lowest BCUT2D eigenvalue weighted by Gasteiger charge is -2.20. The summed E-state index contributed by atoms with van der Waals surface area (Å²) in [5, 5.41) is 0.941. The van der Waals surface area contributed by atoms with Gasteiger partial charge in [-0.15, -0.1) is 0 Å². The van der Waals surface area contributed by atoms with Gasteiger partial charge in [0.05, 0.1) is 15.7 Å². The summed E-state index contributed by atoms with van der Waals surface area (Å²) in [6, 6.07) is 5.40. The highest BCUT2D eigenvalue weighted by Gasteiger charge is 2.18. The molecule has 0 saturated carbocycles. The van der Waals surface area contributed by atoms with Crippen molar-refractivity contribution >= 4 is 41.3 Å². The minimum Gasteiger partial charge on any atom is -0.370 e. The van der Waals surface area contributed by atoms with Crippen molar-refractivity contribution in [1.82, 2.24) is 9.97 Å². The van der Waals surface area contributed by atoms with Crippen molar-refractivity contribution in [1.29, 1.82) is 0 Å². The highest BCUT2D eigenvalue weighted by Crippen LogP contribution is 2.31. The number of primary amides is 1. The number of aromatic nitrogens is 2. The first-order valence-electron chi connectivity index (χ1n) is 8.83. The van der Waals surface area contributed by atoms with E-state index in [-0.39, 0.29) is 6.42 Å². The van der Waals surface area contributed by atoms with E-state index in [0.717, 1.165) is 29.7 Å². The maximum atomic E-state index is 11.2. The molecule has 0 radical (unpaired) electrons. The molecule has 0 bridgehead atoms. The van der Waals surface area contributed by atoms with Crippen LogP contribution >= 0.6 is 23.2 Å². The number of aldehydes is 1. The Bertz CT molecular complexity index is 805. The molecule has 6 nitrogen and oxygen atoms in total. The summed E-state index contributed by atoms with van der Waals surface area (Å²) < 4.78 is 0. The summed E-state index contributed by atoms with van der Waals surface area (Å²) in [6.45, 7) is 5.08. The fourth-order valence-electron chi connectivity index (χ4n) is 2.76. The second-order valence-electron chi connectivity index (χ2n) is 6.77. The summed E-state index contributed by atoms with van der Waals surface area (Å²) in [7, 11) is 0. The zero-order valence-corrected chi connectivity index (χ0v) is 17.0. The fraction of sp³-hybridized carbons (Fsp3) is 0.421. The van der Waals surface area contributed by atoms with Gasteiger partial charge >= 0.3 is 0 Å². The van der Waals surface area contributed by atoms with Crippen molar-refractivity contribution in [3.63, 3.8) is 0 Å². The number of benzene rings is 1. The average Bonchev–Trinajstić information content (AvgIpc) is 3.00. The molecule has 146 valence electrons. The molecule has 2 aromatic rings. The molecule has 2 rings (SSSR count). The van der Waals surface area contributed by atoms with Crippen molar-refractivity contribution in [2.75, 3.05) is 18.0 Å². The molecule has 3 N–H and O–H groups in total. The van der Waals surface area contributed by atoms with Crippen molar-refractivity contribution < 1.29 is 9.59 Å². The van der Waals surface area contributed by atoms with Crippen molar-refractivity contribution in [2.45, 2.75) is 33.1 Å². The van der Waals surface area contributed by atoms with E-state index in [4.69, 9.17) is 33.9 Å². The standard InChI is InChI=1S/C19H24Cl2N4O2/c1-12(2)10-16-18(13-4-5-14(20)15(21)11-13)24-19(23-16)25(7-3-9-26)8-6-17(22)27/h4-5,9,11-12H,3,6-8,10H2,1-2H3,(H2,22,27)(H,23,24). The number of amides is 1. The first-order chi connectivity index (χ1) is 12.8. The lowest BCUT2D eigenvalue weighted by Crippen LogP contribution is -2.30. The summed E-state index contributed by atoms with van der Waals surface area (Å²) in [5.74, 6) is 0.619. The Morgan fingerprint density at radius 3 is 2.63 bits per heavy atom. The highest BCUT2D eigenvalue weighted by molar-refractivity contribution is 6.42. The topological polar surface area (TPSA) is 92.1 Å². The number of hydrogen-bond acceptors (Lipinski definition) is 4. The second-order valence-corrected chi connectivity index (χ2v) is 7.59. The van der Waals surface area contributed by atoms with Gasteiger partial charge in [-0.2, -0.15) is 0 Å². The van der Waals surface area contributed by atoms with Crippen LogP contribution < -0.4 is 10.6 Å². The van der Waals surface area contributed by atoms with E-state index in [1.165, 1.54) is 0 Å². The normalized spacial score (nSPS) is 11.0. The fourth-order valence-corrected chi connectivity index (χ4v) is 3.06. The predicted octanol–water partition coefficient (Wildman–Crippen LogP) is 3.85. The largest absolute Gasteiger partial charge is 0.370 e. The molecular weight excluding hydrogens is 387 g/mol. The zero-order valence-electron chi connectivity index (χ0n) is 15.5. The lowest BCUT2D eigenvalue weighted by atomic mass is 10.0. The van der Waals surface area contributed by atoms with Crippen LogP contribution in [0.1, 0.15) is 32.4 Å². The molecule has 0 atom stereocenters. The van der Waals surface area contributed by atoms with Crippen LogP contribution in [-0.2, 0) is 16.0 Å². The van der Waals surface area contributed by atoms with Gasteiger partial charge in [0, 0.05) is 37.2 Å². The van der Waals surface area contributed by atoms with Crippen LogP contribution in [0.2, 0.25) is 10.0 Å². The number of carbonyl (C=O) groups is 2. The molecule has 8 heteroatoms. The second kappa shape index (κ2) is 9.76. The Morgan fingerprint density at radius 1 is 1.30 bits per heavy atom. The van der Waals surface area contributed by atoms with Gasteiger partial charge in [-0.1, -0.05) is 43.1 Å². The molecule has 0 unspecified atom stereocenters. The van der Waals surface area contributed by atoms with E-state index in [1.807, 2.05) is 11.0 Å². The van der Waals surface area contributed by atoms with Crippen LogP contribution in [0.25, 0.3) is 11.3 Å². The van der Waals surface area contributed by atoms with Crippen LogP contribution in [0.4, 0.5) is 5.95 Å². The third-order valence-corrected chi connectivity index (χ3v) is 4.76. The van der Waals surface area contributed by atoms with Crippen molar-refractivity contribution in [2.24, 2.45) is 11.7 Å². The maximum absolute atomic E-state index is 11.2. The molecule has 0 saturated heterocycles. The zero-order chi connectivity index (χ0) is 20.0. The van der Waals surface area contributed by atoms with Crippen molar-refractivity contribution in [3.8, 4) is 11.3 Å². The quantitative estimate of drug-likeness (QED) is 0.581. The number of halogens is 2. The Balaban J connectivity index is 2.43. The van der Waals surface area contributed by atoms with Crippen LogP contribution in [0.15, 0.2) is 18.2 Å². The van der Waals surface area contributed by atoms with Gasteiger partial charge in [0.25, 0.3) is 0 Å². The van der Waals surface area contributed by atoms with Gasteiger partial charge in [0.2, 0.25) is 11.9 Å². The average molecular weight is 411 g/mol. The van der Waals surface area contributed by atoms with E-state index in [1.54, 1.807) is 12.1 Å². The van der Waals surface area contributed by atoms with Gasteiger partial charge in [-0.3, -0.25) is 4.79 Å². The first kappa shape index (κ1) is 21.3. The summed E-state index contributed by atoms with van der Waals surface area (Å²) in [5.41, 5.74) is 7.88. The molecule has 0 aliphatic heterocycles. The smallest absolute Gasteiger partial charge is 0.219 e. The number of aromatic amines is 1. The lowest BCUT2D eigenvalue weighted by molar-refractivity contribution is -0.117. The van der Waals surface area contributed by atoms with Gasteiger partial charge in [0.1, 0.15) is 6.29 Å². The van der Waals surface area contributed by atoms with Crippen LogP contribution in [0.5, 0.6) is 0 Å². The SMILES string of the molecule is CC(C)Cc1[nH]c(N(CCC=O)CCC(N)=O)nc1-c1ccc(Cl)c(Cl)c1. The molecule has 27 heavy (non-hydrogen) atoms. The number of hydrogen-bond donors (Lipinski definition) is 2.